The van der Waals surface area contributed by atoms with Crippen LogP contribution in [0.3, 0.4) is 0 Å². The summed E-state index contributed by atoms with van der Waals surface area (Å²) in [6.45, 7) is 3.99. The molecule has 0 aromatic carbocycles. The lowest BCUT2D eigenvalue weighted by molar-refractivity contribution is 0.282. The highest BCUT2D eigenvalue weighted by molar-refractivity contribution is 4.74. The molecule has 0 aliphatic carbocycles. The van der Waals surface area contributed by atoms with Gasteiger partial charge in [-0.3, -0.25) is 0 Å². The van der Waals surface area contributed by atoms with Crippen LogP contribution in [-0.4, -0.2) is 17.8 Å². The van der Waals surface area contributed by atoms with Crippen molar-refractivity contribution in [2.45, 2.75) is 51.0 Å². The molecule has 0 saturated carbocycles. The summed E-state index contributed by atoms with van der Waals surface area (Å²) in [4.78, 5) is 0. The fraction of sp³-hybridized carbons (Fsp3) is 0.818. The molecule has 0 saturated heterocycles. The predicted molar refractivity (Wildman–Crippen MR) is 57.6 cm³/mol. The summed E-state index contributed by atoms with van der Waals surface area (Å²) < 4.78 is 0. The van der Waals surface area contributed by atoms with Crippen molar-refractivity contribution >= 4 is 0 Å². The van der Waals surface area contributed by atoms with Crippen LogP contribution in [0.4, 0.5) is 0 Å². The molecular weight excluding hydrogens is 162 g/mol. The van der Waals surface area contributed by atoms with Crippen LogP contribution in [0.15, 0.2) is 12.7 Å². The lowest BCUT2D eigenvalue weighted by Gasteiger charge is -2.07. The minimum atomic E-state index is 0.301. The van der Waals surface area contributed by atoms with E-state index in [1.54, 1.807) is 0 Å². The average molecular weight is 185 g/mol. The van der Waals surface area contributed by atoms with E-state index in [0.717, 1.165) is 25.7 Å². The zero-order chi connectivity index (χ0) is 9.94. The van der Waals surface area contributed by atoms with E-state index in [9.17, 15) is 0 Å². The lowest BCUT2D eigenvalue weighted by atomic mass is 10.0. The molecule has 0 aliphatic heterocycles. The first-order valence-electron chi connectivity index (χ1n) is 5.28. The molecule has 2 nitrogen and oxygen atoms in total. The van der Waals surface area contributed by atoms with Gasteiger partial charge in [-0.2, -0.15) is 0 Å². The molecule has 1 unspecified atom stereocenters. The highest BCUT2D eigenvalue weighted by Crippen LogP contribution is 2.07. The van der Waals surface area contributed by atoms with Crippen LogP contribution in [-0.2, 0) is 0 Å². The summed E-state index contributed by atoms with van der Waals surface area (Å²) in [7, 11) is 0. The van der Waals surface area contributed by atoms with E-state index < -0.39 is 0 Å². The fourth-order valence-electron chi connectivity index (χ4n) is 1.38. The highest BCUT2D eigenvalue weighted by Gasteiger charge is 1.98. The maximum absolute atomic E-state index is 8.55. The Morgan fingerprint density at radius 3 is 2.38 bits per heavy atom. The van der Waals surface area contributed by atoms with Gasteiger partial charge in [-0.25, -0.2) is 0 Å². The molecule has 78 valence electrons. The molecule has 0 amide bonds. The molecule has 1 atom stereocenters. The summed E-state index contributed by atoms with van der Waals surface area (Å²) in [5.41, 5.74) is 5.81. The summed E-state index contributed by atoms with van der Waals surface area (Å²) in [5.74, 6) is 0. The molecule has 0 aliphatic rings. The quantitative estimate of drug-likeness (QED) is 0.427. The topological polar surface area (TPSA) is 46.2 Å². The van der Waals surface area contributed by atoms with Gasteiger partial charge in [0.2, 0.25) is 0 Å². The minimum Gasteiger partial charge on any atom is -0.396 e. The first-order valence-corrected chi connectivity index (χ1v) is 5.28. The van der Waals surface area contributed by atoms with Gasteiger partial charge in [-0.05, 0) is 19.3 Å². The second-order valence-corrected chi connectivity index (χ2v) is 3.56. The summed E-state index contributed by atoms with van der Waals surface area (Å²) in [6, 6.07) is 0.301. The Bertz CT molecular complexity index is 115. The number of rotatable bonds is 9. The molecule has 0 bridgehead atoms. The van der Waals surface area contributed by atoms with Crippen molar-refractivity contribution < 1.29 is 5.11 Å². The van der Waals surface area contributed by atoms with E-state index in [4.69, 9.17) is 10.8 Å². The van der Waals surface area contributed by atoms with Gasteiger partial charge in [0.05, 0.1) is 0 Å². The maximum atomic E-state index is 8.55. The van der Waals surface area contributed by atoms with Crippen molar-refractivity contribution in [2.75, 3.05) is 6.61 Å². The number of aliphatic hydroxyl groups is 1. The monoisotopic (exact) mass is 185 g/mol. The smallest absolute Gasteiger partial charge is 0.0431 e. The van der Waals surface area contributed by atoms with Crippen LogP contribution in [0.1, 0.15) is 44.9 Å². The second-order valence-electron chi connectivity index (χ2n) is 3.56. The number of hydrogen-bond donors (Lipinski definition) is 2. The molecule has 2 heteroatoms. The fourth-order valence-corrected chi connectivity index (χ4v) is 1.38. The zero-order valence-corrected chi connectivity index (χ0v) is 8.54. The number of aliphatic hydroxyl groups excluding tert-OH is 1. The molecule has 0 fully saturated rings. The van der Waals surface area contributed by atoms with Crippen LogP contribution in [0.25, 0.3) is 0 Å². The number of unbranched alkanes of at least 4 members (excludes halogenated alkanes) is 4. The van der Waals surface area contributed by atoms with Gasteiger partial charge in [0.25, 0.3) is 0 Å². The number of nitrogens with two attached hydrogens (primary N) is 1. The normalized spacial score (nSPS) is 12.8. The van der Waals surface area contributed by atoms with Gasteiger partial charge < -0.3 is 10.8 Å². The van der Waals surface area contributed by atoms with Crippen LogP contribution in [0.5, 0.6) is 0 Å². The largest absolute Gasteiger partial charge is 0.396 e. The average Bonchev–Trinajstić information content (AvgIpc) is 2.11. The minimum absolute atomic E-state index is 0.301. The molecule has 0 radical (unpaired) electrons. The second kappa shape index (κ2) is 9.75. The van der Waals surface area contributed by atoms with E-state index in [2.05, 4.69) is 6.58 Å². The molecule has 3 N–H and O–H groups in total. The van der Waals surface area contributed by atoms with Gasteiger partial charge in [0.1, 0.15) is 0 Å². The Labute approximate surface area is 81.8 Å². The summed E-state index contributed by atoms with van der Waals surface area (Å²) in [6.07, 6.45) is 9.68. The van der Waals surface area contributed by atoms with Crippen molar-refractivity contribution in [3.05, 3.63) is 12.7 Å². The zero-order valence-electron chi connectivity index (χ0n) is 8.54. The Balaban J connectivity index is 3.01. The first-order chi connectivity index (χ1) is 6.31. The Morgan fingerprint density at radius 2 is 1.77 bits per heavy atom. The molecule has 0 aromatic rings. The van der Waals surface area contributed by atoms with E-state index in [-0.39, 0.29) is 0 Å². The SMILES string of the molecule is C=CCC(N)CCCCCCCO. The number of hydrogen-bond acceptors (Lipinski definition) is 2. The molecule has 13 heavy (non-hydrogen) atoms. The van der Waals surface area contributed by atoms with Crippen molar-refractivity contribution in [3.8, 4) is 0 Å². The third-order valence-corrected chi connectivity index (χ3v) is 2.20. The standard InChI is InChI=1S/C11H23NO/c1-2-8-11(12)9-6-4-3-5-7-10-13/h2,11,13H,1,3-10,12H2. The maximum Gasteiger partial charge on any atom is 0.0431 e. The van der Waals surface area contributed by atoms with E-state index in [1.807, 2.05) is 6.08 Å². The Morgan fingerprint density at radius 1 is 1.15 bits per heavy atom. The molecule has 0 aromatic heterocycles. The molecular formula is C11H23NO. The third-order valence-electron chi connectivity index (χ3n) is 2.20. The highest BCUT2D eigenvalue weighted by atomic mass is 16.2. The Kier molecular flexibility index (Phi) is 9.49. The summed E-state index contributed by atoms with van der Waals surface area (Å²) >= 11 is 0. The van der Waals surface area contributed by atoms with E-state index in [1.165, 1.54) is 19.3 Å². The van der Waals surface area contributed by atoms with Gasteiger partial charge >= 0.3 is 0 Å². The van der Waals surface area contributed by atoms with Crippen LogP contribution in [0.2, 0.25) is 0 Å². The van der Waals surface area contributed by atoms with Crippen LogP contribution < -0.4 is 5.73 Å². The first kappa shape index (κ1) is 12.7. The van der Waals surface area contributed by atoms with E-state index in [0.29, 0.717) is 12.6 Å². The van der Waals surface area contributed by atoms with Crippen molar-refractivity contribution in [1.82, 2.24) is 0 Å². The van der Waals surface area contributed by atoms with Crippen LogP contribution >= 0.6 is 0 Å². The predicted octanol–water partition coefficient (Wildman–Crippen LogP) is 2.22. The van der Waals surface area contributed by atoms with Crippen LogP contribution in [0, 0.1) is 0 Å². The van der Waals surface area contributed by atoms with Gasteiger partial charge in [0, 0.05) is 12.6 Å². The molecule has 0 spiro atoms. The molecule has 0 rings (SSSR count). The van der Waals surface area contributed by atoms with Crippen molar-refractivity contribution in [2.24, 2.45) is 5.73 Å². The Hall–Kier alpha value is -0.340. The summed E-state index contributed by atoms with van der Waals surface area (Å²) in [5, 5.41) is 8.55. The van der Waals surface area contributed by atoms with Crippen molar-refractivity contribution in [1.29, 1.82) is 0 Å². The molecule has 0 heterocycles. The van der Waals surface area contributed by atoms with Gasteiger partial charge in [-0.1, -0.05) is 31.8 Å². The van der Waals surface area contributed by atoms with E-state index >= 15 is 0 Å². The van der Waals surface area contributed by atoms with Crippen molar-refractivity contribution in [3.63, 3.8) is 0 Å². The lowest BCUT2D eigenvalue weighted by Crippen LogP contribution is -2.18. The third kappa shape index (κ3) is 9.57. The van der Waals surface area contributed by atoms with Gasteiger partial charge in [-0.15, -0.1) is 6.58 Å². The van der Waals surface area contributed by atoms with Gasteiger partial charge in [0.15, 0.2) is 0 Å².